The summed E-state index contributed by atoms with van der Waals surface area (Å²) in [6.45, 7) is 7.02. The van der Waals surface area contributed by atoms with E-state index in [9.17, 15) is 4.79 Å². The molecule has 134 valence electrons. The molecule has 7 nitrogen and oxygen atoms in total. The molecule has 0 N–H and O–H groups in total. The van der Waals surface area contributed by atoms with Crippen LogP contribution in [0, 0.1) is 6.92 Å². The van der Waals surface area contributed by atoms with Gasteiger partial charge >= 0.3 is 0 Å². The van der Waals surface area contributed by atoms with Crippen molar-refractivity contribution in [1.29, 1.82) is 0 Å². The van der Waals surface area contributed by atoms with Gasteiger partial charge in [0.25, 0.3) is 0 Å². The summed E-state index contributed by atoms with van der Waals surface area (Å²) in [5.41, 5.74) is 0. The van der Waals surface area contributed by atoms with Crippen LogP contribution in [-0.2, 0) is 11.3 Å². The molecule has 1 aliphatic rings. The molecule has 7 heteroatoms. The predicted octanol–water partition coefficient (Wildman–Crippen LogP) is 1.88. The highest BCUT2D eigenvalue weighted by atomic mass is 16.5. The van der Waals surface area contributed by atoms with Crippen LogP contribution >= 0.6 is 0 Å². The van der Waals surface area contributed by atoms with Crippen LogP contribution in [0.2, 0.25) is 0 Å². The minimum Gasteiger partial charge on any atom is -0.492 e. The van der Waals surface area contributed by atoms with Crippen LogP contribution in [0.5, 0.6) is 5.75 Å². The molecular weight excluding hydrogens is 320 g/mol. The van der Waals surface area contributed by atoms with Crippen molar-refractivity contribution in [3.8, 4) is 5.75 Å². The highest BCUT2D eigenvalue weighted by molar-refractivity contribution is 5.73. The first kappa shape index (κ1) is 17.4. The van der Waals surface area contributed by atoms with E-state index in [-0.39, 0.29) is 11.9 Å². The maximum atomic E-state index is 12.0. The number of hydrogen-bond donors (Lipinski definition) is 0. The number of aromatic nitrogens is 2. The molecule has 0 aliphatic carbocycles. The Bertz CT molecular complexity index is 689. The first-order chi connectivity index (χ1) is 12.1. The highest BCUT2D eigenvalue weighted by Gasteiger charge is 2.30. The second-order valence-electron chi connectivity index (χ2n) is 6.28. The van der Waals surface area contributed by atoms with Crippen LogP contribution in [0.25, 0.3) is 0 Å². The zero-order valence-corrected chi connectivity index (χ0v) is 14.7. The summed E-state index contributed by atoms with van der Waals surface area (Å²) in [7, 11) is 0. The van der Waals surface area contributed by atoms with Crippen LogP contribution in [0.1, 0.15) is 25.1 Å². The SMILES string of the molecule is CC(=O)N(Cc1noc(C)n1)C1CCN(CCOc2ccccc2)C1. The number of ether oxygens (including phenoxy) is 1. The predicted molar refractivity (Wildman–Crippen MR) is 92.0 cm³/mol. The van der Waals surface area contributed by atoms with Gasteiger partial charge in [-0.3, -0.25) is 9.69 Å². The molecular formula is C18H24N4O3. The number of amides is 1. The Morgan fingerprint density at radius 2 is 2.20 bits per heavy atom. The van der Waals surface area contributed by atoms with Gasteiger partial charge in [0.15, 0.2) is 5.82 Å². The van der Waals surface area contributed by atoms with Crippen LogP contribution in [0.4, 0.5) is 0 Å². The lowest BCUT2D eigenvalue weighted by molar-refractivity contribution is -0.131. The summed E-state index contributed by atoms with van der Waals surface area (Å²) in [5, 5.41) is 3.90. The van der Waals surface area contributed by atoms with Crippen molar-refractivity contribution in [2.24, 2.45) is 0 Å². The third-order valence-corrected chi connectivity index (χ3v) is 4.39. The Kier molecular flexibility index (Phi) is 5.65. The highest BCUT2D eigenvalue weighted by Crippen LogP contribution is 2.18. The maximum Gasteiger partial charge on any atom is 0.223 e. The number of benzene rings is 1. The van der Waals surface area contributed by atoms with Crippen molar-refractivity contribution < 1.29 is 14.1 Å². The van der Waals surface area contributed by atoms with Gasteiger partial charge in [-0.1, -0.05) is 23.4 Å². The monoisotopic (exact) mass is 344 g/mol. The van der Waals surface area contributed by atoms with E-state index in [1.807, 2.05) is 35.2 Å². The van der Waals surface area contributed by atoms with Gasteiger partial charge in [0.2, 0.25) is 11.8 Å². The van der Waals surface area contributed by atoms with Crippen molar-refractivity contribution in [2.75, 3.05) is 26.2 Å². The van der Waals surface area contributed by atoms with Gasteiger partial charge in [0.05, 0.1) is 6.54 Å². The van der Waals surface area contributed by atoms with Gasteiger partial charge in [-0.25, -0.2) is 0 Å². The Morgan fingerprint density at radius 3 is 2.88 bits per heavy atom. The molecule has 2 aromatic rings. The van der Waals surface area contributed by atoms with E-state index in [4.69, 9.17) is 9.26 Å². The van der Waals surface area contributed by atoms with Crippen LogP contribution in [0.15, 0.2) is 34.9 Å². The number of carbonyl (C=O) groups excluding carboxylic acids is 1. The summed E-state index contributed by atoms with van der Waals surface area (Å²) in [5.74, 6) is 1.99. The van der Waals surface area contributed by atoms with Gasteiger partial charge in [0.1, 0.15) is 12.4 Å². The van der Waals surface area contributed by atoms with Gasteiger partial charge in [-0.15, -0.1) is 0 Å². The van der Waals surface area contributed by atoms with E-state index in [0.29, 0.717) is 24.9 Å². The molecule has 1 aliphatic heterocycles. The average molecular weight is 344 g/mol. The summed E-state index contributed by atoms with van der Waals surface area (Å²) in [6, 6.07) is 9.98. The van der Waals surface area contributed by atoms with E-state index in [0.717, 1.165) is 31.8 Å². The summed E-state index contributed by atoms with van der Waals surface area (Å²) in [4.78, 5) is 20.4. The van der Waals surface area contributed by atoms with Crippen LogP contribution in [0.3, 0.4) is 0 Å². The number of likely N-dealkylation sites (tertiary alicyclic amines) is 1. The second-order valence-corrected chi connectivity index (χ2v) is 6.28. The number of aryl methyl sites for hydroxylation is 1. The first-order valence-electron chi connectivity index (χ1n) is 8.58. The summed E-state index contributed by atoms with van der Waals surface area (Å²) >= 11 is 0. The summed E-state index contributed by atoms with van der Waals surface area (Å²) in [6.07, 6.45) is 0.946. The van der Waals surface area contributed by atoms with Crippen molar-refractivity contribution in [3.05, 3.63) is 42.0 Å². The Morgan fingerprint density at radius 1 is 1.40 bits per heavy atom. The molecule has 1 atom stereocenters. The molecule has 0 spiro atoms. The quantitative estimate of drug-likeness (QED) is 0.764. The Balaban J connectivity index is 1.48. The molecule has 1 aromatic heterocycles. The van der Waals surface area contributed by atoms with E-state index in [1.54, 1.807) is 13.8 Å². The van der Waals surface area contributed by atoms with E-state index < -0.39 is 0 Å². The van der Waals surface area contributed by atoms with Gasteiger partial charge in [-0.2, -0.15) is 4.98 Å². The van der Waals surface area contributed by atoms with Gasteiger partial charge in [-0.05, 0) is 18.6 Å². The minimum absolute atomic E-state index is 0.0369. The normalized spacial score (nSPS) is 17.6. The molecule has 0 bridgehead atoms. The fourth-order valence-electron chi connectivity index (χ4n) is 3.13. The van der Waals surface area contributed by atoms with Crippen LogP contribution in [-0.4, -0.2) is 58.1 Å². The van der Waals surface area contributed by atoms with Crippen LogP contribution < -0.4 is 4.74 Å². The first-order valence-corrected chi connectivity index (χ1v) is 8.58. The molecule has 1 aromatic carbocycles. The topological polar surface area (TPSA) is 71.7 Å². The molecule has 0 radical (unpaired) electrons. The molecule has 1 fully saturated rings. The minimum atomic E-state index is 0.0369. The van der Waals surface area contributed by atoms with Crippen molar-refractivity contribution in [1.82, 2.24) is 19.9 Å². The maximum absolute atomic E-state index is 12.0. The molecule has 25 heavy (non-hydrogen) atoms. The average Bonchev–Trinajstić information content (AvgIpc) is 3.22. The fourth-order valence-corrected chi connectivity index (χ4v) is 3.13. The number of rotatable bonds is 7. The third-order valence-electron chi connectivity index (χ3n) is 4.39. The second kappa shape index (κ2) is 8.11. The molecule has 3 rings (SSSR count). The smallest absolute Gasteiger partial charge is 0.223 e. The van der Waals surface area contributed by atoms with E-state index in [2.05, 4.69) is 15.0 Å². The Labute approximate surface area is 147 Å². The molecule has 1 unspecified atom stereocenters. The lowest BCUT2D eigenvalue weighted by Crippen LogP contribution is -2.41. The third kappa shape index (κ3) is 4.79. The van der Waals surface area contributed by atoms with Crippen molar-refractivity contribution in [2.45, 2.75) is 32.9 Å². The molecule has 2 heterocycles. The zero-order valence-electron chi connectivity index (χ0n) is 14.7. The van der Waals surface area contributed by atoms with Crippen molar-refractivity contribution in [3.63, 3.8) is 0 Å². The number of hydrogen-bond acceptors (Lipinski definition) is 6. The Hall–Kier alpha value is -2.41. The molecule has 1 amide bonds. The summed E-state index contributed by atoms with van der Waals surface area (Å²) < 4.78 is 10.8. The zero-order chi connectivity index (χ0) is 17.6. The largest absolute Gasteiger partial charge is 0.492 e. The molecule has 0 saturated carbocycles. The standard InChI is InChI=1S/C18H24N4O3/c1-14-19-18(20-25-14)13-22(15(2)23)16-8-9-21(12-16)10-11-24-17-6-4-3-5-7-17/h3-7,16H,8-13H2,1-2H3. The number of carbonyl (C=O) groups is 1. The fraction of sp³-hybridized carbons (Fsp3) is 0.500. The lowest BCUT2D eigenvalue weighted by Gasteiger charge is -2.27. The van der Waals surface area contributed by atoms with Crippen molar-refractivity contribution >= 4 is 5.91 Å². The molecule has 1 saturated heterocycles. The van der Waals surface area contributed by atoms with Gasteiger partial charge < -0.3 is 14.2 Å². The van der Waals surface area contributed by atoms with Gasteiger partial charge in [0, 0.05) is 39.5 Å². The number of nitrogens with zero attached hydrogens (tertiary/aromatic N) is 4. The van der Waals surface area contributed by atoms with E-state index in [1.165, 1.54) is 0 Å². The lowest BCUT2D eigenvalue weighted by atomic mass is 10.2. The number of para-hydroxylation sites is 1. The van der Waals surface area contributed by atoms with E-state index >= 15 is 0 Å².